The molecule has 108 valence electrons. The van der Waals surface area contributed by atoms with E-state index in [-0.39, 0.29) is 35.0 Å². The summed E-state index contributed by atoms with van der Waals surface area (Å²) in [6, 6.07) is 0. The number of carbonyl (C=O) groups excluding carboxylic acids is 1. The van der Waals surface area contributed by atoms with Crippen molar-refractivity contribution in [3.8, 4) is 0 Å². The zero-order valence-corrected chi connectivity index (χ0v) is 13.0. The van der Waals surface area contributed by atoms with E-state index in [1.54, 1.807) is 11.6 Å². The van der Waals surface area contributed by atoms with Crippen LogP contribution in [0.15, 0.2) is 16.6 Å². The van der Waals surface area contributed by atoms with Gasteiger partial charge in [0, 0.05) is 24.5 Å². The maximum Gasteiger partial charge on any atom is 0.285 e. The number of halogens is 1. The third-order valence-corrected chi connectivity index (χ3v) is 6.40. The molecule has 2 aromatic heterocycles. The van der Waals surface area contributed by atoms with Crippen molar-refractivity contribution in [3.05, 3.63) is 16.7 Å². The normalized spacial score (nSPS) is 20.2. The number of carbonyl (C=O) groups is 1. The van der Waals surface area contributed by atoms with Gasteiger partial charge in [0.15, 0.2) is 15.1 Å². The highest BCUT2D eigenvalue weighted by atomic mass is 35.5. The Morgan fingerprint density at radius 1 is 1.55 bits per heavy atom. The zero-order chi connectivity index (χ0) is 14.5. The number of amides is 1. The maximum atomic E-state index is 12.7. The van der Waals surface area contributed by atoms with E-state index in [4.69, 9.17) is 11.6 Å². The lowest BCUT2D eigenvalue weighted by Crippen LogP contribution is -2.33. The molecule has 1 aliphatic heterocycles. The van der Waals surface area contributed by atoms with Crippen LogP contribution in [0.1, 0.15) is 19.8 Å². The van der Waals surface area contributed by atoms with Crippen molar-refractivity contribution in [2.45, 2.75) is 24.8 Å². The SMILES string of the molecule is CCC1CC(=O)N(S(=O)(=O)c2c(Cl)nc3sccn23)C1. The maximum absolute atomic E-state index is 12.7. The molecule has 0 spiro atoms. The lowest BCUT2D eigenvalue weighted by Gasteiger charge is -2.16. The molecular formula is C11H12ClN3O3S2. The molecule has 0 aliphatic carbocycles. The summed E-state index contributed by atoms with van der Waals surface area (Å²) in [5.74, 6) is -0.306. The van der Waals surface area contributed by atoms with Crippen LogP contribution in [0.25, 0.3) is 4.96 Å². The van der Waals surface area contributed by atoms with Gasteiger partial charge in [-0.05, 0) is 5.92 Å². The standard InChI is InChI=1S/C11H12ClN3O3S2/c1-2-7-5-8(16)15(6-7)20(17,18)10-9(12)13-11-14(10)3-4-19-11/h3-4,7H,2,5-6H2,1H3. The lowest BCUT2D eigenvalue weighted by molar-refractivity contribution is -0.123. The smallest absolute Gasteiger partial charge is 0.278 e. The van der Waals surface area contributed by atoms with Gasteiger partial charge in [0.05, 0.1) is 0 Å². The summed E-state index contributed by atoms with van der Waals surface area (Å²) >= 11 is 7.23. The number of fused-ring (bicyclic) bond motifs is 1. The van der Waals surface area contributed by atoms with Crippen LogP contribution in [-0.4, -0.2) is 34.6 Å². The van der Waals surface area contributed by atoms with Crippen molar-refractivity contribution in [1.82, 2.24) is 13.7 Å². The molecule has 1 fully saturated rings. The van der Waals surface area contributed by atoms with Crippen LogP contribution in [0, 0.1) is 5.92 Å². The number of rotatable bonds is 3. The van der Waals surface area contributed by atoms with Gasteiger partial charge in [0.1, 0.15) is 0 Å². The highest BCUT2D eigenvalue weighted by Crippen LogP contribution is 2.32. The van der Waals surface area contributed by atoms with Crippen molar-refractivity contribution >= 4 is 43.8 Å². The van der Waals surface area contributed by atoms with Crippen molar-refractivity contribution in [3.63, 3.8) is 0 Å². The van der Waals surface area contributed by atoms with Crippen LogP contribution in [0.3, 0.4) is 0 Å². The Kier molecular flexibility index (Phi) is 3.26. The largest absolute Gasteiger partial charge is 0.285 e. The second-order valence-electron chi connectivity index (χ2n) is 4.67. The molecule has 1 unspecified atom stereocenters. The first-order chi connectivity index (χ1) is 9.45. The molecule has 1 atom stereocenters. The summed E-state index contributed by atoms with van der Waals surface area (Å²) in [5.41, 5.74) is 0. The summed E-state index contributed by atoms with van der Waals surface area (Å²) < 4.78 is 27.7. The number of hydrogen-bond donors (Lipinski definition) is 0. The first-order valence-electron chi connectivity index (χ1n) is 6.11. The van der Waals surface area contributed by atoms with Gasteiger partial charge < -0.3 is 0 Å². The van der Waals surface area contributed by atoms with E-state index in [0.29, 0.717) is 4.96 Å². The van der Waals surface area contributed by atoms with E-state index in [9.17, 15) is 13.2 Å². The summed E-state index contributed by atoms with van der Waals surface area (Å²) in [7, 11) is -3.96. The van der Waals surface area contributed by atoms with Gasteiger partial charge in [-0.25, -0.2) is 9.29 Å². The quantitative estimate of drug-likeness (QED) is 0.861. The van der Waals surface area contributed by atoms with Gasteiger partial charge in [-0.2, -0.15) is 8.42 Å². The third-order valence-electron chi connectivity index (χ3n) is 3.46. The van der Waals surface area contributed by atoms with E-state index < -0.39 is 10.0 Å². The van der Waals surface area contributed by atoms with Crippen LogP contribution >= 0.6 is 22.9 Å². The van der Waals surface area contributed by atoms with Crippen LogP contribution in [0.4, 0.5) is 0 Å². The predicted octanol–water partition coefficient (Wildman–Crippen LogP) is 2.00. The highest BCUT2D eigenvalue weighted by Gasteiger charge is 2.40. The number of aromatic nitrogens is 2. The predicted molar refractivity (Wildman–Crippen MR) is 75.4 cm³/mol. The van der Waals surface area contributed by atoms with E-state index in [0.717, 1.165) is 10.7 Å². The van der Waals surface area contributed by atoms with Gasteiger partial charge in [-0.15, -0.1) is 11.3 Å². The van der Waals surface area contributed by atoms with Gasteiger partial charge in [0.2, 0.25) is 5.91 Å². The minimum absolute atomic E-state index is 0.0712. The van der Waals surface area contributed by atoms with Crippen molar-refractivity contribution in [1.29, 1.82) is 0 Å². The molecule has 6 nitrogen and oxygen atoms in total. The minimum atomic E-state index is -3.96. The Morgan fingerprint density at radius 2 is 2.30 bits per heavy atom. The summed E-state index contributed by atoms with van der Waals surface area (Å²) in [4.78, 5) is 16.4. The van der Waals surface area contributed by atoms with Crippen molar-refractivity contribution < 1.29 is 13.2 Å². The summed E-state index contributed by atoms with van der Waals surface area (Å²) in [5, 5.41) is 1.50. The first kappa shape index (κ1) is 13.8. The Hall–Kier alpha value is -1.12. The molecule has 3 rings (SSSR count). The minimum Gasteiger partial charge on any atom is -0.278 e. The molecular weight excluding hydrogens is 322 g/mol. The molecule has 1 aliphatic rings. The molecule has 1 amide bonds. The number of hydrogen-bond acceptors (Lipinski definition) is 5. The molecule has 2 aromatic rings. The van der Waals surface area contributed by atoms with Gasteiger partial charge in [-0.1, -0.05) is 24.9 Å². The Balaban J connectivity index is 2.10. The molecule has 0 aromatic carbocycles. The Bertz CT molecular complexity index is 780. The van der Waals surface area contributed by atoms with E-state index >= 15 is 0 Å². The van der Waals surface area contributed by atoms with Crippen molar-refractivity contribution in [2.75, 3.05) is 6.54 Å². The molecule has 0 saturated carbocycles. The van der Waals surface area contributed by atoms with Crippen molar-refractivity contribution in [2.24, 2.45) is 5.92 Å². The van der Waals surface area contributed by atoms with Gasteiger partial charge in [0.25, 0.3) is 10.0 Å². The second-order valence-corrected chi connectivity index (χ2v) is 7.68. The fourth-order valence-electron chi connectivity index (χ4n) is 2.33. The molecule has 1 saturated heterocycles. The fraction of sp³-hybridized carbons (Fsp3) is 0.455. The number of nitrogens with zero attached hydrogens (tertiary/aromatic N) is 3. The summed E-state index contributed by atoms with van der Waals surface area (Å²) in [6.45, 7) is 2.16. The number of imidazole rings is 1. The van der Waals surface area contributed by atoms with Crippen LogP contribution < -0.4 is 0 Å². The number of thiazole rings is 1. The average Bonchev–Trinajstić information content (AvgIpc) is 3.02. The fourth-order valence-corrected chi connectivity index (χ4v) is 5.23. The first-order valence-corrected chi connectivity index (χ1v) is 8.81. The summed E-state index contributed by atoms with van der Waals surface area (Å²) in [6.07, 6.45) is 2.62. The van der Waals surface area contributed by atoms with Crippen LogP contribution in [0.2, 0.25) is 5.15 Å². The van der Waals surface area contributed by atoms with E-state index in [1.807, 2.05) is 6.92 Å². The number of sulfonamides is 1. The molecule has 0 N–H and O–H groups in total. The van der Waals surface area contributed by atoms with E-state index in [1.165, 1.54) is 15.7 Å². The van der Waals surface area contributed by atoms with Gasteiger partial charge in [-0.3, -0.25) is 9.20 Å². The molecule has 3 heterocycles. The molecule has 20 heavy (non-hydrogen) atoms. The van der Waals surface area contributed by atoms with E-state index in [2.05, 4.69) is 4.98 Å². The Labute approximate surface area is 125 Å². The Morgan fingerprint density at radius 3 is 2.95 bits per heavy atom. The lowest BCUT2D eigenvalue weighted by atomic mass is 10.1. The monoisotopic (exact) mass is 333 g/mol. The molecule has 9 heteroatoms. The van der Waals surface area contributed by atoms with Gasteiger partial charge >= 0.3 is 0 Å². The molecule has 0 radical (unpaired) electrons. The average molecular weight is 334 g/mol. The third kappa shape index (κ3) is 1.94. The highest BCUT2D eigenvalue weighted by molar-refractivity contribution is 7.89. The zero-order valence-electron chi connectivity index (χ0n) is 10.6. The van der Waals surface area contributed by atoms with Crippen LogP contribution in [-0.2, 0) is 14.8 Å². The topological polar surface area (TPSA) is 71.8 Å². The molecule has 0 bridgehead atoms. The van der Waals surface area contributed by atoms with Crippen LogP contribution in [0.5, 0.6) is 0 Å². The second kappa shape index (κ2) is 4.71.